The summed E-state index contributed by atoms with van der Waals surface area (Å²) in [6.07, 6.45) is -3.74. The molecule has 0 amide bonds. The maximum Gasteiger partial charge on any atom is 0.416 e. The van der Waals surface area contributed by atoms with Crippen molar-refractivity contribution in [3.05, 3.63) is 35.4 Å². The van der Waals surface area contributed by atoms with Gasteiger partial charge in [-0.05, 0) is 24.6 Å². The van der Waals surface area contributed by atoms with Gasteiger partial charge >= 0.3 is 12.1 Å². The van der Waals surface area contributed by atoms with Gasteiger partial charge in [-0.1, -0.05) is 18.2 Å². The van der Waals surface area contributed by atoms with Crippen LogP contribution in [0.5, 0.6) is 0 Å². The Balaban J connectivity index is 0.00000264. The average Bonchev–Trinajstić information content (AvgIpc) is 2.76. The van der Waals surface area contributed by atoms with Gasteiger partial charge in [-0.2, -0.15) is 13.2 Å². The van der Waals surface area contributed by atoms with Crippen molar-refractivity contribution < 1.29 is 22.7 Å². The molecule has 0 bridgehead atoms. The van der Waals surface area contributed by atoms with Crippen LogP contribution in [0.3, 0.4) is 0 Å². The van der Waals surface area contributed by atoms with Gasteiger partial charge in [-0.15, -0.1) is 12.4 Å². The lowest BCUT2D eigenvalue weighted by molar-refractivity contribution is -0.149. The summed E-state index contributed by atoms with van der Waals surface area (Å²) in [6, 6.07) is 4.15. The fourth-order valence-corrected chi connectivity index (χ4v) is 2.70. The summed E-state index contributed by atoms with van der Waals surface area (Å²) in [5, 5.41) is 3.17. The molecule has 1 aliphatic heterocycles. The van der Waals surface area contributed by atoms with Gasteiger partial charge in [-0.25, -0.2) is 4.79 Å². The Bertz CT molecular complexity index is 518. The van der Waals surface area contributed by atoms with Crippen LogP contribution in [-0.4, -0.2) is 44.2 Å². The SMILES string of the molecule is COC(=O)C(c1ccccc1C(F)(F)F)N1CCCNCC1.Cl. The number of ether oxygens (including phenoxy) is 1. The lowest BCUT2D eigenvalue weighted by atomic mass is 9.98. The molecular weight excluding hydrogens is 333 g/mol. The topological polar surface area (TPSA) is 41.6 Å². The summed E-state index contributed by atoms with van der Waals surface area (Å²) in [6.45, 7) is 2.44. The van der Waals surface area contributed by atoms with Crippen LogP contribution < -0.4 is 5.32 Å². The minimum Gasteiger partial charge on any atom is -0.468 e. The average molecular weight is 353 g/mol. The Kier molecular flexibility index (Phi) is 7.31. The summed E-state index contributed by atoms with van der Waals surface area (Å²) in [5.41, 5.74) is -0.841. The third kappa shape index (κ3) is 4.83. The first-order valence-electron chi connectivity index (χ1n) is 7.14. The molecule has 0 aromatic heterocycles. The van der Waals surface area contributed by atoms with Crippen molar-refractivity contribution in [2.75, 3.05) is 33.3 Å². The van der Waals surface area contributed by atoms with Gasteiger partial charge in [0.25, 0.3) is 0 Å². The molecule has 1 saturated heterocycles. The van der Waals surface area contributed by atoms with E-state index < -0.39 is 23.8 Å². The van der Waals surface area contributed by atoms with E-state index in [1.54, 1.807) is 4.90 Å². The van der Waals surface area contributed by atoms with Gasteiger partial charge in [0, 0.05) is 19.6 Å². The fraction of sp³-hybridized carbons (Fsp3) is 0.533. The highest BCUT2D eigenvalue weighted by atomic mass is 35.5. The van der Waals surface area contributed by atoms with Crippen LogP contribution in [0.4, 0.5) is 13.2 Å². The van der Waals surface area contributed by atoms with Crippen molar-refractivity contribution in [3.8, 4) is 0 Å². The molecule has 1 aliphatic rings. The van der Waals surface area contributed by atoms with Gasteiger partial charge in [0.15, 0.2) is 0 Å². The molecule has 0 spiro atoms. The number of carbonyl (C=O) groups excluding carboxylic acids is 1. The molecule has 1 N–H and O–H groups in total. The van der Waals surface area contributed by atoms with E-state index >= 15 is 0 Å². The summed E-state index contributed by atoms with van der Waals surface area (Å²) < 4.78 is 44.5. The molecule has 0 saturated carbocycles. The minimum absolute atomic E-state index is 0. The normalized spacial score (nSPS) is 17.7. The molecule has 1 atom stereocenters. The van der Waals surface area contributed by atoms with Gasteiger partial charge < -0.3 is 10.1 Å². The second-order valence-electron chi connectivity index (χ2n) is 5.15. The maximum atomic E-state index is 13.2. The van der Waals surface area contributed by atoms with Gasteiger partial charge in [0.1, 0.15) is 6.04 Å². The number of esters is 1. The van der Waals surface area contributed by atoms with Gasteiger partial charge in [0.2, 0.25) is 0 Å². The maximum absolute atomic E-state index is 13.2. The van der Waals surface area contributed by atoms with E-state index in [0.29, 0.717) is 19.6 Å². The number of benzene rings is 1. The number of methoxy groups -OCH3 is 1. The molecule has 1 fully saturated rings. The van der Waals surface area contributed by atoms with Crippen molar-refractivity contribution >= 4 is 18.4 Å². The third-order valence-corrected chi connectivity index (χ3v) is 3.73. The second kappa shape index (κ2) is 8.52. The van der Waals surface area contributed by atoms with Crippen LogP contribution in [0, 0.1) is 0 Å². The number of hydrogen-bond acceptors (Lipinski definition) is 4. The number of alkyl halides is 3. The number of nitrogens with zero attached hydrogens (tertiary/aromatic N) is 1. The molecule has 0 aliphatic carbocycles. The monoisotopic (exact) mass is 352 g/mol. The van der Waals surface area contributed by atoms with Crippen LogP contribution >= 0.6 is 12.4 Å². The van der Waals surface area contributed by atoms with E-state index in [1.165, 1.54) is 25.3 Å². The van der Waals surface area contributed by atoms with E-state index in [4.69, 9.17) is 4.74 Å². The van der Waals surface area contributed by atoms with E-state index in [0.717, 1.165) is 19.0 Å². The van der Waals surface area contributed by atoms with Crippen molar-refractivity contribution in [3.63, 3.8) is 0 Å². The predicted molar refractivity (Wildman–Crippen MR) is 82.5 cm³/mol. The van der Waals surface area contributed by atoms with Gasteiger partial charge in [-0.3, -0.25) is 4.90 Å². The molecule has 8 heteroatoms. The Labute approximate surface area is 139 Å². The van der Waals surface area contributed by atoms with Crippen molar-refractivity contribution in [2.24, 2.45) is 0 Å². The second-order valence-corrected chi connectivity index (χ2v) is 5.15. The molecule has 0 radical (unpaired) electrons. The Morgan fingerprint density at radius 3 is 2.61 bits per heavy atom. The Morgan fingerprint density at radius 1 is 1.26 bits per heavy atom. The van der Waals surface area contributed by atoms with Crippen LogP contribution in [0.2, 0.25) is 0 Å². The molecule has 23 heavy (non-hydrogen) atoms. The molecule has 1 aromatic rings. The van der Waals surface area contributed by atoms with E-state index in [-0.39, 0.29) is 18.0 Å². The van der Waals surface area contributed by atoms with E-state index in [1.807, 2.05) is 0 Å². The van der Waals surface area contributed by atoms with E-state index in [9.17, 15) is 18.0 Å². The number of carbonyl (C=O) groups is 1. The molecule has 1 aromatic carbocycles. The Hall–Kier alpha value is -1.31. The number of halogens is 4. The number of rotatable bonds is 3. The highest BCUT2D eigenvalue weighted by Gasteiger charge is 2.39. The zero-order valence-corrected chi connectivity index (χ0v) is 13.5. The minimum atomic E-state index is -4.51. The highest BCUT2D eigenvalue weighted by molar-refractivity contribution is 5.85. The third-order valence-electron chi connectivity index (χ3n) is 3.73. The molecule has 130 valence electrons. The molecule has 4 nitrogen and oxygen atoms in total. The van der Waals surface area contributed by atoms with E-state index in [2.05, 4.69) is 5.32 Å². The summed E-state index contributed by atoms with van der Waals surface area (Å²) >= 11 is 0. The molecule has 1 unspecified atom stereocenters. The van der Waals surface area contributed by atoms with Crippen molar-refractivity contribution in [1.29, 1.82) is 0 Å². The first kappa shape index (κ1) is 19.7. The molecular formula is C15H20ClF3N2O2. The van der Waals surface area contributed by atoms with Crippen LogP contribution in [-0.2, 0) is 15.7 Å². The lowest BCUT2D eigenvalue weighted by Gasteiger charge is -2.30. The Morgan fingerprint density at radius 2 is 1.96 bits per heavy atom. The smallest absolute Gasteiger partial charge is 0.416 e. The van der Waals surface area contributed by atoms with Gasteiger partial charge in [0.05, 0.1) is 12.7 Å². The zero-order valence-electron chi connectivity index (χ0n) is 12.7. The first-order valence-corrected chi connectivity index (χ1v) is 7.14. The van der Waals surface area contributed by atoms with Crippen molar-refractivity contribution in [2.45, 2.75) is 18.6 Å². The zero-order chi connectivity index (χ0) is 16.2. The van der Waals surface area contributed by atoms with Crippen LogP contribution in [0.25, 0.3) is 0 Å². The number of nitrogens with one attached hydrogen (secondary N) is 1. The summed E-state index contributed by atoms with van der Waals surface area (Å²) in [7, 11) is 1.20. The van der Waals surface area contributed by atoms with Crippen LogP contribution in [0.15, 0.2) is 24.3 Å². The first-order chi connectivity index (χ1) is 10.4. The molecule has 1 heterocycles. The highest BCUT2D eigenvalue weighted by Crippen LogP contribution is 2.36. The lowest BCUT2D eigenvalue weighted by Crippen LogP contribution is -2.38. The van der Waals surface area contributed by atoms with Crippen LogP contribution in [0.1, 0.15) is 23.6 Å². The summed E-state index contributed by atoms with van der Waals surface area (Å²) in [4.78, 5) is 13.9. The molecule has 2 rings (SSSR count). The fourth-order valence-electron chi connectivity index (χ4n) is 2.70. The van der Waals surface area contributed by atoms with Crippen molar-refractivity contribution in [1.82, 2.24) is 10.2 Å². The number of hydrogen-bond donors (Lipinski definition) is 1. The largest absolute Gasteiger partial charge is 0.468 e. The standard InChI is InChI=1S/C15H19F3N2O2.ClH/c1-22-14(21)13(20-9-4-7-19-8-10-20)11-5-2-3-6-12(11)15(16,17)18;/h2-3,5-6,13,19H,4,7-10H2,1H3;1H. The quantitative estimate of drug-likeness (QED) is 0.849. The predicted octanol–water partition coefficient (Wildman–Crippen LogP) is 2.64. The summed E-state index contributed by atoms with van der Waals surface area (Å²) in [5.74, 6) is -0.668.